The highest BCUT2D eigenvalue weighted by molar-refractivity contribution is 6.03. The van der Waals surface area contributed by atoms with Gasteiger partial charge in [-0.1, -0.05) is 0 Å². The molecule has 0 radical (unpaired) electrons. The second-order valence-corrected chi connectivity index (χ2v) is 6.03. The predicted octanol–water partition coefficient (Wildman–Crippen LogP) is 2.55. The molecule has 0 fully saturated rings. The summed E-state index contributed by atoms with van der Waals surface area (Å²) >= 11 is 0. The van der Waals surface area contributed by atoms with Crippen molar-refractivity contribution in [3.63, 3.8) is 0 Å². The highest BCUT2D eigenvalue weighted by Crippen LogP contribution is 2.21. The van der Waals surface area contributed by atoms with E-state index in [0.717, 1.165) is 30.3 Å². The quantitative estimate of drug-likeness (QED) is 0.176. The van der Waals surface area contributed by atoms with Crippen LogP contribution < -0.4 is 0 Å². The van der Waals surface area contributed by atoms with Gasteiger partial charge in [0, 0.05) is 31.2 Å². The third-order valence-corrected chi connectivity index (χ3v) is 3.89. The zero-order chi connectivity index (χ0) is 24.0. The lowest BCUT2D eigenvalue weighted by Crippen LogP contribution is -2.20. The van der Waals surface area contributed by atoms with E-state index >= 15 is 0 Å². The zero-order valence-corrected chi connectivity index (χ0v) is 16.1. The third kappa shape index (κ3) is 5.80. The molecule has 1 atom stereocenters. The van der Waals surface area contributed by atoms with E-state index in [1.165, 1.54) is 6.92 Å². The first-order valence-electron chi connectivity index (χ1n) is 8.52. The standard InChI is InChI=1S/C18H14N2O12/c1-9(31-18(25)13-5-4-12(20(28)29)7-15(13)17(23)24)32-30-8-10-2-3-11(19(26)27)6-14(10)16(21)22/h2-7,9H,8H2,1H3,(H,21,22)(H,23,24). The average molecular weight is 450 g/mol. The minimum Gasteiger partial charge on any atom is -0.478 e. The van der Waals surface area contributed by atoms with E-state index in [-0.39, 0.29) is 5.56 Å². The molecule has 0 aliphatic carbocycles. The van der Waals surface area contributed by atoms with Crippen molar-refractivity contribution < 1.29 is 49.0 Å². The summed E-state index contributed by atoms with van der Waals surface area (Å²) in [5, 5.41) is 39.9. The first-order chi connectivity index (χ1) is 15.0. The van der Waals surface area contributed by atoms with Gasteiger partial charge in [-0.25, -0.2) is 19.3 Å². The minimum atomic E-state index is -1.59. The van der Waals surface area contributed by atoms with Crippen molar-refractivity contribution in [3.8, 4) is 0 Å². The molecule has 14 nitrogen and oxygen atoms in total. The summed E-state index contributed by atoms with van der Waals surface area (Å²) < 4.78 is 4.87. The van der Waals surface area contributed by atoms with Gasteiger partial charge in [-0.3, -0.25) is 20.2 Å². The van der Waals surface area contributed by atoms with E-state index in [1.54, 1.807) is 0 Å². The molecule has 1 unspecified atom stereocenters. The number of carbonyl (C=O) groups is 3. The Kier molecular flexibility index (Phi) is 7.49. The average Bonchev–Trinajstić information content (AvgIpc) is 2.72. The molecule has 0 saturated carbocycles. The molecule has 0 amide bonds. The number of ether oxygens (including phenoxy) is 1. The first kappa shape index (κ1) is 23.8. The number of esters is 1. The zero-order valence-electron chi connectivity index (χ0n) is 16.1. The highest BCUT2D eigenvalue weighted by Gasteiger charge is 2.23. The van der Waals surface area contributed by atoms with Crippen molar-refractivity contribution in [1.82, 2.24) is 0 Å². The van der Waals surface area contributed by atoms with Crippen LogP contribution in [-0.2, 0) is 21.1 Å². The van der Waals surface area contributed by atoms with Gasteiger partial charge in [0.15, 0.2) is 0 Å². The SMILES string of the molecule is CC(OOCc1ccc([N+](=O)[O-])cc1C(=O)O)OC(=O)c1ccc([N+](=O)[O-])cc1C(=O)O. The van der Waals surface area contributed by atoms with Crippen molar-refractivity contribution >= 4 is 29.3 Å². The van der Waals surface area contributed by atoms with Gasteiger partial charge in [-0.2, -0.15) is 4.89 Å². The van der Waals surface area contributed by atoms with E-state index in [1.807, 2.05) is 0 Å². The summed E-state index contributed by atoms with van der Waals surface area (Å²) in [6.07, 6.45) is -1.40. The lowest BCUT2D eigenvalue weighted by Gasteiger charge is -2.14. The number of carboxylic acid groups (broad SMARTS) is 2. The molecule has 2 N–H and O–H groups in total. The number of hydrogen-bond acceptors (Lipinski definition) is 10. The second-order valence-electron chi connectivity index (χ2n) is 6.03. The van der Waals surface area contributed by atoms with Crippen LogP contribution in [0.1, 0.15) is 43.6 Å². The first-order valence-corrected chi connectivity index (χ1v) is 8.52. The Hall–Kier alpha value is -4.43. The highest BCUT2D eigenvalue weighted by atomic mass is 17.2. The van der Waals surface area contributed by atoms with E-state index in [2.05, 4.69) is 0 Å². The fraction of sp³-hybridized carbons (Fsp3) is 0.167. The molecule has 0 bridgehead atoms. The fourth-order valence-corrected chi connectivity index (χ4v) is 2.43. The Morgan fingerprint density at radius 3 is 1.97 bits per heavy atom. The number of non-ortho nitro benzene ring substituents is 2. The molecule has 0 aliphatic heterocycles. The van der Waals surface area contributed by atoms with Gasteiger partial charge in [-0.05, 0) is 17.7 Å². The van der Waals surface area contributed by atoms with Gasteiger partial charge >= 0.3 is 17.9 Å². The molecule has 0 spiro atoms. The van der Waals surface area contributed by atoms with Crippen LogP contribution in [0.2, 0.25) is 0 Å². The number of carbonyl (C=O) groups excluding carboxylic acids is 1. The van der Waals surface area contributed by atoms with Crippen molar-refractivity contribution in [2.45, 2.75) is 19.8 Å². The Morgan fingerprint density at radius 1 is 0.906 bits per heavy atom. The van der Waals surface area contributed by atoms with E-state index < -0.39 is 68.7 Å². The molecule has 0 heterocycles. The molecule has 2 rings (SSSR count). The van der Waals surface area contributed by atoms with Crippen molar-refractivity contribution in [1.29, 1.82) is 0 Å². The maximum Gasteiger partial charge on any atom is 0.341 e. The van der Waals surface area contributed by atoms with Crippen LogP contribution in [0.4, 0.5) is 11.4 Å². The Labute approximate surface area is 177 Å². The van der Waals surface area contributed by atoms with Gasteiger partial charge in [0.1, 0.15) is 6.61 Å². The monoisotopic (exact) mass is 450 g/mol. The van der Waals surface area contributed by atoms with E-state index in [9.17, 15) is 44.8 Å². The number of nitrogens with zero attached hydrogens (tertiary/aromatic N) is 2. The molecule has 2 aromatic rings. The van der Waals surface area contributed by atoms with Gasteiger partial charge < -0.3 is 14.9 Å². The topological polar surface area (TPSA) is 206 Å². The number of nitro groups is 2. The number of benzene rings is 2. The maximum absolute atomic E-state index is 12.2. The van der Waals surface area contributed by atoms with Crippen LogP contribution in [0.5, 0.6) is 0 Å². The van der Waals surface area contributed by atoms with Gasteiger partial charge in [0.05, 0.1) is 26.5 Å². The number of nitro benzene ring substituents is 2. The van der Waals surface area contributed by atoms with Gasteiger partial charge in [-0.15, -0.1) is 0 Å². The van der Waals surface area contributed by atoms with Gasteiger partial charge in [0.2, 0.25) is 6.29 Å². The van der Waals surface area contributed by atoms with Crippen LogP contribution >= 0.6 is 0 Å². The van der Waals surface area contributed by atoms with Gasteiger partial charge in [0.25, 0.3) is 11.4 Å². The minimum absolute atomic E-state index is 0.0326. The molecular weight excluding hydrogens is 436 g/mol. The third-order valence-electron chi connectivity index (χ3n) is 3.89. The molecule has 168 valence electrons. The number of carboxylic acids is 2. The molecular formula is C18H14N2O12. The van der Waals surface area contributed by atoms with Crippen molar-refractivity contribution in [2.75, 3.05) is 0 Å². The van der Waals surface area contributed by atoms with Crippen LogP contribution in [0.3, 0.4) is 0 Å². The molecule has 0 saturated heterocycles. The van der Waals surface area contributed by atoms with E-state index in [4.69, 9.17) is 14.5 Å². The van der Waals surface area contributed by atoms with Crippen LogP contribution in [-0.4, -0.2) is 44.3 Å². The molecule has 0 aliphatic rings. The number of rotatable bonds is 10. The summed E-state index contributed by atoms with van der Waals surface area (Å²) in [4.78, 5) is 64.3. The number of hydrogen-bond donors (Lipinski definition) is 2. The maximum atomic E-state index is 12.2. The predicted molar refractivity (Wildman–Crippen MR) is 101 cm³/mol. The largest absolute Gasteiger partial charge is 0.478 e. The lowest BCUT2D eigenvalue weighted by atomic mass is 10.1. The molecule has 32 heavy (non-hydrogen) atoms. The Bertz CT molecular complexity index is 1100. The normalized spacial score (nSPS) is 11.4. The van der Waals surface area contributed by atoms with E-state index in [0.29, 0.717) is 6.07 Å². The van der Waals surface area contributed by atoms with Crippen LogP contribution in [0, 0.1) is 20.2 Å². The van der Waals surface area contributed by atoms with Crippen LogP contribution in [0.15, 0.2) is 36.4 Å². The summed E-state index contributed by atoms with van der Waals surface area (Å²) in [6, 6.07) is 5.59. The van der Waals surface area contributed by atoms with Crippen molar-refractivity contribution in [2.24, 2.45) is 0 Å². The summed E-state index contributed by atoms with van der Waals surface area (Å²) in [7, 11) is 0. The fourth-order valence-electron chi connectivity index (χ4n) is 2.43. The molecule has 0 aromatic heterocycles. The summed E-state index contributed by atoms with van der Waals surface area (Å²) in [5.74, 6) is -4.20. The lowest BCUT2D eigenvalue weighted by molar-refractivity contribution is -0.385. The number of aromatic carboxylic acids is 2. The smallest absolute Gasteiger partial charge is 0.341 e. The Balaban J connectivity index is 2.04. The molecule has 2 aromatic carbocycles. The Morgan fingerprint density at radius 2 is 1.44 bits per heavy atom. The summed E-state index contributed by atoms with van der Waals surface area (Å²) in [5.41, 5.74) is -2.47. The van der Waals surface area contributed by atoms with Crippen LogP contribution in [0.25, 0.3) is 0 Å². The molecule has 14 heteroatoms. The second kappa shape index (κ2) is 10.1. The summed E-state index contributed by atoms with van der Waals surface area (Å²) in [6.45, 7) is 0.733. The van der Waals surface area contributed by atoms with Crippen molar-refractivity contribution in [3.05, 3.63) is 78.9 Å².